The van der Waals surface area contributed by atoms with E-state index in [1.165, 1.54) is 18.4 Å². The van der Waals surface area contributed by atoms with Gasteiger partial charge in [-0.3, -0.25) is 9.59 Å². The third-order valence-corrected chi connectivity index (χ3v) is 6.72. The second-order valence-corrected chi connectivity index (χ2v) is 8.52. The number of rotatable bonds is 4. The molecule has 0 heterocycles. The predicted molar refractivity (Wildman–Crippen MR) is 109 cm³/mol. The zero-order valence-electron chi connectivity index (χ0n) is 16.2. The summed E-state index contributed by atoms with van der Waals surface area (Å²) in [4.78, 5) is 26.0. The van der Waals surface area contributed by atoms with Crippen molar-refractivity contribution < 1.29 is 9.59 Å². The molecule has 3 aliphatic rings. The topological polar surface area (TPSA) is 34.1 Å². The molecule has 142 valence electrons. The van der Waals surface area contributed by atoms with Gasteiger partial charge in [-0.1, -0.05) is 48.4 Å². The molecule has 0 bridgehead atoms. The maximum atomic E-state index is 13.1. The molecule has 0 N–H and O–H groups in total. The quantitative estimate of drug-likeness (QED) is 0.492. The Balaban J connectivity index is 1.41. The van der Waals surface area contributed by atoms with E-state index in [4.69, 9.17) is 0 Å². The number of allylic oxidation sites excluding steroid dienone is 3. The first-order valence-corrected chi connectivity index (χ1v) is 10.7. The summed E-state index contributed by atoms with van der Waals surface area (Å²) in [7, 11) is 0. The molecule has 0 amide bonds. The molecule has 2 saturated carbocycles. The lowest BCUT2D eigenvalue weighted by atomic mass is 9.71. The van der Waals surface area contributed by atoms with Crippen molar-refractivity contribution in [3.05, 3.63) is 53.1 Å². The van der Waals surface area contributed by atoms with Crippen molar-refractivity contribution in [1.82, 2.24) is 0 Å². The van der Waals surface area contributed by atoms with Crippen molar-refractivity contribution in [3.8, 4) is 0 Å². The Morgan fingerprint density at radius 1 is 0.889 bits per heavy atom. The van der Waals surface area contributed by atoms with Gasteiger partial charge in [0.2, 0.25) is 0 Å². The summed E-state index contributed by atoms with van der Waals surface area (Å²) in [6, 6.07) is 10.1. The lowest BCUT2D eigenvalue weighted by Gasteiger charge is -2.31. The van der Waals surface area contributed by atoms with Crippen molar-refractivity contribution >= 4 is 17.6 Å². The minimum atomic E-state index is 0.0491. The van der Waals surface area contributed by atoms with E-state index in [1.54, 1.807) is 0 Å². The lowest BCUT2D eigenvalue weighted by Crippen LogP contribution is -2.32. The fourth-order valence-corrected chi connectivity index (χ4v) is 5.23. The summed E-state index contributed by atoms with van der Waals surface area (Å²) in [6.45, 7) is 0. The summed E-state index contributed by atoms with van der Waals surface area (Å²) < 4.78 is 0. The molecule has 1 aromatic carbocycles. The predicted octanol–water partition coefficient (Wildman–Crippen LogP) is 5.93. The van der Waals surface area contributed by atoms with Crippen LogP contribution in [-0.2, 0) is 9.59 Å². The maximum absolute atomic E-state index is 13.1. The van der Waals surface area contributed by atoms with Gasteiger partial charge in [-0.05, 0) is 75.0 Å². The van der Waals surface area contributed by atoms with Crippen LogP contribution in [0.4, 0.5) is 0 Å². The number of hydrogen-bond donors (Lipinski definition) is 0. The average molecular weight is 363 g/mol. The van der Waals surface area contributed by atoms with Crippen LogP contribution in [0.25, 0.3) is 6.08 Å². The molecule has 3 atom stereocenters. The normalized spacial score (nSPS) is 30.6. The second kappa shape index (κ2) is 8.37. The van der Waals surface area contributed by atoms with Gasteiger partial charge in [-0.2, -0.15) is 0 Å². The zero-order chi connectivity index (χ0) is 18.6. The Morgan fingerprint density at radius 3 is 2.52 bits per heavy atom. The van der Waals surface area contributed by atoms with Gasteiger partial charge in [0, 0.05) is 17.8 Å². The van der Waals surface area contributed by atoms with E-state index in [0.29, 0.717) is 5.78 Å². The van der Waals surface area contributed by atoms with Crippen molar-refractivity contribution in [2.45, 2.75) is 64.2 Å². The van der Waals surface area contributed by atoms with Crippen LogP contribution in [0.1, 0.15) is 69.8 Å². The minimum Gasteiger partial charge on any atom is -0.299 e. The van der Waals surface area contributed by atoms with Crippen molar-refractivity contribution in [1.29, 1.82) is 0 Å². The molecule has 2 heteroatoms. The summed E-state index contributed by atoms with van der Waals surface area (Å²) in [5.74, 6) is 1.01. The van der Waals surface area contributed by atoms with Gasteiger partial charge in [0.25, 0.3) is 0 Å². The standard InChI is InChI=1S/C25H30O2/c26-24-21(16-18-8-3-1-4-9-18)14-15-22(24)17-20-12-7-13-23(25(20)27)19-10-5-2-6-11-19/h1,3-4,8-10,16,20,22-23H,2,5-7,11-15,17H2/b21-16+/t20-,22+,23+/m1/s1. The Bertz CT molecular complexity index is 756. The summed E-state index contributed by atoms with van der Waals surface area (Å²) in [5.41, 5.74) is 3.44. The van der Waals surface area contributed by atoms with Crippen molar-refractivity contribution in [3.63, 3.8) is 0 Å². The van der Waals surface area contributed by atoms with Gasteiger partial charge in [-0.15, -0.1) is 0 Å². The van der Waals surface area contributed by atoms with E-state index >= 15 is 0 Å². The molecule has 0 spiro atoms. The van der Waals surface area contributed by atoms with Crippen LogP contribution in [0, 0.1) is 17.8 Å². The third-order valence-electron chi connectivity index (χ3n) is 6.72. The zero-order valence-corrected chi connectivity index (χ0v) is 16.2. The molecule has 4 rings (SSSR count). The van der Waals surface area contributed by atoms with Crippen LogP contribution in [0.2, 0.25) is 0 Å². The Labute approximate surface area is 162 Å². The molecule has 3 aliphatic carbocycles. The van der Waals surface area contributed by atoms with Gasteiger partial charge < -0.3 is 0 Å². The number of hydrogen-bond acceptors (Lipinski definition) is 2. The highest BCUT2D eigenvalue weighted by Crippen LogP contribution is 2.40. The Hall–Kier alpha value is -1.96. The molecule has 0 aliphatic heterocycles. The highest BCUT2D eigenvalue weighted by Gasteiger charge is 2.38. The average Bonchev–Trinajstić information content (AvgIpc) is 3.04. The van der Waals surface area contributed by atoms with Gasteiger partial charge >= 0.3 is 0 Å². The number of carbonyl (C=O) groups is 2. The first-order chi connectivity index (χ1) is 13.2. The molecule has 1 aromatic rings. The van der Waals surface area contributed by atoms with E-state index in [-0.39, 0.29) is 23.5 Å². The van der Waals surface area contributed by atoms with E-state index in [2.05, 4.69) is 6.08 Å². The molecule has 0 aromatic heterocycles. The molecule has 0 saturated heterocycles. The van der Waals surface area contributed by atoms with Crippen molar-refractivity contribution in [2.24, 2.45) is 17.8 Å². The number of ketones is 2. The monoisotopic (exact) mass is 362 g/mol. The largest absolute Gasteiger partial charge is 0.299 e. The Morgan fingerprint density at radius 2 is 1.74 bits per heavy atom. The van der Waals surface area contributed by atoms with Crippen LogP contribution in [0.3, 0.4) is 0 Å². The second-order valence-electron chi connectivity index (χ2n) is 8.52. The Kier molecular flexibility index (Phi) is 5.71. The maximum Gasteiger partial charge on any atom is 0.161 e. The molecular weight excluding hydrogens is 332 g/mol. The minimum absolute atomic E-state index is 0.0491. The fourth-order valence-electron chi connectivity index (χ4n) is 5.23. The molecule has 0 unspecified atom stereocenters. The van der Waals surface area contributed by atoms with Crippen LogP contribution in [-0.4, -0.2) is 11.6 Å². The smallest absolute Gasteiger partial charge is 0.161 e. The summed E-state index contributed by atoms with van der Waals surface area (Å²) in [6.07, 6.45) is 14.8. The van der Waals surface area contributed by atoms with E-state index < -0.39 is 0 Å². The lowest BCUT2D eigenvalue weighted by molar-refractivity contribution is -0.129. The third kappa shape index (κ3) is 4.15. The molecular formula is C25H30O2. The van der Waals surface area contributed by atoms with E-state index in [1.807, 2.05) is 36.4 Å². The first kappa shape index (κ1) is 18.4. The number of benzene rings is 1. The summed E-state index contributed by atoms with van der Waals surface area (Å²) in [5, 5.41) is 0. The van der Waals surface area contributed by atoms with Crippen molar-refractivity contribution in [2.75, 3.05) is 0 Å². The molecule has 27 heavy (non-hydrogen) atoms. The number of carbonyl (C=O) groups excluding carboxylic acids is 2. The van der Waals surface area contributed by atoms with E-state index in [9.17, 15) is 9.59 Å². The SMILES string of the molecule is O=C1/C(=C/c2ccccc2)CC[C@H]1C[C@H]1CCC[C@@H](C2=CCCCC2)C1=O. The van der Waals surface area contributed by atoms with Gasteiger partial charge in [0.15, 0.2) is 5.78 Å². The number of Topliss-reactive ketones (excluding diaryl/α,β-unsaturated/α-hetero) is 2. The van der Waals surface area contributed by atoms with Crippen LogP contribution >= 0.6 is 0 Å². The first-order valence-electron chi connectivity index (χ1n) is 10.7. The molecule has 2 nitrogen and oxygen atoms in total. The molecule has 2 fully saturated rings. The van der Waals surface area contributed by atoms with Crippen LogP contribution < -0.4 is 0 Å². The highest BCUT2D eigenvalue weighted by atomic mass is 16.1. The molecule has 0 radical (unpaired) electrons. The van der Waals surface area contributed by atoms with Gasteiger partial charge in [-0.25, -0.2) is 0 Å². The summed E-state index contributed by atoms with van der Waals surface area (Å²) >= 11 is 0. The van der Waals surface area contributed by atoms with Crippen LogP contribution in [0.5, 0.6) is 0 Å². The van der Waals surface area contributed by atoms with Gasteiger partial charge in [0.1, 0.15) is 5.78 Å². The van der Waals surface area contributed by atoms with Crippen LogP contribution in [0.15, 0.2) is 47.6 Å². The van der Waals surface area contributed by atoms with Gasteiger partial charge in [0.05, 0.1) is 0 Å². The van der Waals surface area contributed by atoms with E-state index in [0.717, 1.165) is 62.5 Å². The fraction of sp³-hybridized carbons (Fsp3) is 0.520. The highest BCUT2D eigenvalue weighted by molar-refractivity contribution is 6.03.